The van der Waals surface area contributed by atoms with Crippen molar-refractivity contribution >= 4 is 17.3 Å². The monoisotopic (exact) mass is 312 g/mol. The van der Waals surface area contributed by atoms with Crippen LogP contribution in [0, 0.1) is 13.8 Å². The van der Waals surface area contributed by atoms with Gasteiger partial charge < -0.3 is 15.0 Å². The third-order valence-corrected chi connectivity index (χ3v) is 3.88. The van der Waals surface area contributed by atoms with Crippen LogP contribution in [0.25, 0.3) is 0 Å². The molecule has 1 N–H and O–H groups in total. The number of morpholine rings is 1. The van der Waals surface area contributed by atoms with Gasteiger partial charge in [-0.1, -0.05) is 6.07 Å². The van der Waals surface area contributed by atoms with E-state index in [1.165, 1.54) is 6.33 Å². The maximum absolute atomic E-state index is 12.4. The van der Waals surface area contributed by atoms with Gasteiger partial charge in [0.25, 0.3) is 5.91 Å². The summed E-state index contributed by atoms with van der Waals surface area (Å²) in [6, 6.07) is 7.78. The molecule has 1 aromatic heterocycles. The van der Waals surface area contributed by atoms with Crippen LogP contribution in [0.5, 0.6) is 0 Å². The number of nitrogens with zero attached hydrogens (tertiary/aromatic N) is 3. The Bertz CT molecular complexity index is 711. The number of aryl methyl sites for hydroxylation is 2. The molecule has 6 nitrogen and oxygen atoms in total. The summed E-state index contributed by atoms with van der Waals surface area (Å²) in [5, 5.41) is 2.95. The Balaban J connectivity index is 1.80. The van der Waals surface area contributed by atoms with Crippen LogP contribution >= 0.6 is 0 Å². The van der Waals surface area contributed by atoms with Crippen molar-refractivity contribution in [1.29, 1.82) is 0 Å². The number of aromatic nitrogens is 2. The number of carbonyl (C=O) groups is 1. The van der Waals surface area contributed by atoms with Crippen molar-refractivity contribution in [1.82, 2.24) is 9.97 Å². The van der Waals surface area contributed by atoms with Crippen molar-refractivity contribution in [2.45, 2.75) is 13.8 Å². The Morgan fingerprint density at radius 3 is 2.70 bits per heavy atom. The van der Waals surface area contributed by atoms with E-state index >= 15 is 0 Å². The minimum absolute atomic E-state index is 0.224. The molecule has 23 heavy (non-hydrogen) atoms. The van der Waals surface area contributed by atoms with Crippen LogP contribution in [-0.2, 0) is 4.74 Å². The molecule has 1 aliphatic rings. The minimum atomic E-state index is -0.224. The van der Waals surface area contributed by atoms with E-state index in [4.69, 9.17) is 4.74 Å². The van der Waals surface area contributed by atoms with Gasteiger partial charge in [-0.3, -0.25) is 4.79 Å². The lowest BCUT2D eigenvalue weighted by atomic mass is 10.1. The highest BCUT2D eigenvalue weighted by atomic mass is 16.5. The normalized spacial score (nSPS) is 14.6. The summed E-state index contributed by atoms with van der Waals surface area (Å²) in [6.07, 6.45) is 1.40. The molecule has 1 fully saturated rings. The second-order valence-corrected chi connectivity index (χ2v) is 5.60. The van der Waals surface area contributed by atoms with E-state index in [1.54, 1.807) is 6.07 Å². The zero-order valence-corrected chi connectivity index (χ0v) is 13.4. The van der Waals surface area contributed by atoms with Gasteiger partial charge in [0.05, 0.1) is 13.2 Å². The second-order valence-electron chi connectivity index (χ2n) is 5.60. The lowest BCUT2D eigenvalue weighted by molar-refractivity contribution is 0.102. The molecule has 0 radical (unpaired) electrons. The number of amides is 1. The van der Waals surface area contributed by atoms with Crippen LogP contribution in [-0.4, -0.2) is 42.2 Å². The number of nitrogens with one attached hydrogen (secondary N) is 1. The molecule has 0 aliphatic carbocycles. The summed E-state index contributed by atoms with van der Waals surface area (Å²) in [5.74, 6) is -0.224. The summed E-state index contributed by atoms with van der Waals surface area (Å²) in [5.41, 5.74) is 4.04. The van der Waals surface area contributed by atoms with Gasteiger partial charge >= 0.3 is 0 Å². The Hall–Kier alpha value is -2.47. The highest BCUT2D eigenvalue weighted by molar-refractivity contribution is 6.03. The first-order chi connectivity index (χ1) is 11.1. The summed E-state index contributed by atoms with van der Waals surface area (Å²) >= 11 is 0. The van der Waals surface area contributed by atoms with Gasteiger partial charge in [0.2, 0.25) is 0 Å². The molecule has 1 aromatic carbocycles. The topological polar surface area (TPSA) is 67.4 Å². The van der Waals surface area contributed by atoms with Gasteiger partial charge in [-0.05, 0) is 37.6 Å². The molecule has 1 amide bonds. The van der Waals surface area contributed by atoms with E-state index in [1.807, 2.05) is 26.0 Å². The molecule has 3 rings (SSSR count). The van der Waals surface area contributed by atoms with Crippen molar-refractivity contribution in [3.63, 3.8) is 0 Å². The Labute approximate surface area is 135 Å². The van der Waals surface area contributed by atoms with Gasteiger partial charge in [-0.25, -0.2) is 9.97 Å². The van der Waals surface area contributed by atoms with E-state index in [0.717, 1.165) is 48.9 Å². The fraction of sp³-hybridized carbons (Fsp3) is 0.353. The summed E-state index contributed by atoms with van der Waals surface area (Å²) < 4.78 is 5.38. The van der Waals surface area contributed by atoms with Crippen LogP contribution in [0.3, 0.4) is 0 Å². The number of hydrogen-bond acceptors (Lipinski definition) is 5. The predicted octanol–water partition coefficient (Wildman–Crippen LogP) is 2.18. The van der Waals surface area contributed by atoms with Gasteiger partial charge in [0.1, 0.15) is 12.0 Å². The molecule has 0 saturated carbocycles. The Morgan fingerprint density at radius 1 is 1.17 bits per heavy atom. The molecule has 0 unspecified atom stereocenters. The first-order valence-corrected chi connectivity index (χ1v) is 7.67. The summed E-state index contributed by atoms with van der Waals surface area (Å²) in [4.78, 5) is 22.7. The molecule has 0 atom stereocenters. The second kappa shape index (κ2) is 6.75. The fourth-order valence-corrected chi connectivity index (χ4v) is 2.53. The molecular weight excluding hydrogens is 292 g/mol. The largest absolute Gasteiger partial charge is 0.378 e. The zero-order chi connectivity index (χ0) is 16.2. The van der Waals surface area contributed by atoms with E-state index in [2.05, 4.69) is 26.3 Å². The quantitative estimate of drug-likeness (QED) is 0.941. The summed E-state index contributed by atoms with van der Waals surface area (Å²) in [7, 11) is 0. The first kappa shape index (κ1) is 15.4. The van der Waals surface area contributed by atoms with E-state index in [0.29, 0.717) is 5.69 Å². The minimum Gasteiger partial charge on any atom is -0.378 e. The number of benzene rings is 1. The highest BCUT2D eigenvalue weighted by Gasteiger charge is 2.14. The van der Waals surface area contributed by atoms with Crippen LogP contribution < -0.4 is 10.2 Å². The smallest absolute Gasteiger partial charge is 0.274 e. The summed E-state index contributed by atoms with van der Waals surface area (Å²) in [6.45, 7) is 7.00. The van der Waals surface area contributed by atoms with Gasteiger partial charge in [0.15, 0.2) is 0 Å². The van der Waals surface area contributed by atoms with Crippen molar-refractivity contribution < 1.29 is 9.53 Å². The van der Waals surface area contributed by atoms with E-state index < -0.39 is 0 Å². The Morgan fingerprint density at radius 2 is 1.96 bits per heavy atom. The molecule has 1 aliphatic heterocycles. The third-order valence-electron chi connectivity index (χ3n) is 3.88. The lowest BCUT2D eigenvalue weighted by Crippen LogP contribution is -2.36. The van der Waals surface area contributed by atoms with Gasteiger partial charge in [-0.2, -0.15) is 0 Å². The SMILES string of the molecule is Cc1cc(C(=O)Nc2cc(N3CCOCC3)ccc2C)ncn1. The lowest BCUT2D eigenvalue weighted by Gasteiger charge is -2.29. The van der Waals surface area contributed by atoms with Crippen LogP contribution in [0.4, 0.5) is 11.4 Å². The number of ether oxygens (including phenoxy) is 1. The Kier molecular flexibility index (Phi) is 4.52. The van der Waals surface area contributed by atoms with Crippen molar-refractivity contribution in [3.8, 4) is 0 Å². The first-order valence-electron chi connectivity index (χ1n) is 7.67. The molecule has 0 spiro atoms. The van der Waals surface area contributed by atoms with Crippen molar-refractivity contribution in [2.75, 3.05) is 36.5 Å². The molecule has 2 aromatic rings. The molecule has 1 saturated heterocycles. The van der Waals surface area contributed by atoms with Gasteiger partial charge in [-0.15, -0.1) is 0 Å². The molecule has 2 heterocycles. The molecular formula is C17H20N4O2. The molecule has 0 bridgehead atoms. The number of anilines is 2. The van der Waals surface area contributed by atoms with Gasteiger partial charge in [0, 0.05) is 30.2 Å². The maximum Gasteiger partial charge on any atom is 0.274 e. The zero-order valence-electron chi connectivity index (χ0n) is 13.4. The van der Waals surface area contributed by atoms with Crippen LogP contribution in [0.2, 0.25) is 0 Å². The average molecular weight is 312 g/mol. The maximum atomic E-state index is 12.4. The van der Waals surface area contributed by atoms with Crippen LogP contribution in [0.1, 0.15) is 21.7 Å². The van der Waals surface area contributed by atoms with E-state index in [9.17, 15) is 4.79 Å². The standard InChI is InChI=1S/C17H20N4O2/c1-12-3-4-14(21-5-7-23-8-6-21)10-15(12)20-17(22)16-9-13(2)18-11-19-16/h3-4,9-11H,5-8H2,1-2H3,(H,20,22). The number of rotatable bonds is 3. The van der Waals surface area contributed by atoms with Crippen molar-refractivity contribution in [2.24, 2.45) is 0 Å². The third kappa shape index (κ3) is 3.65. The number of carbonyl (C=O) groups excluding carboxylic acids is 1. The van der Waals surface area contributed by atoms with Crippen LogP contribution in [0.15, 0.2) is 30.6 Å². The number of hydrogen-bond donors (Lipinski definition) is 1. The van der Waals surface area contributed by atoms with Crippen molar-refractivity contribution in [3.05, 3.63) is 47.5 Å². The predicted molar refractivity (Wildman–Crippen MR) is 88.9 cm³/mol. The molecule has 6 heteroatoms. The average Bonchev–Trinajstić information content (AvgIpc) is 2.57. The van der Waals surface area contributed by atoms with E-state index in [-0.39, 0.29) is 5.91 Å². The highest BCUT2D eigenvalue weighted by Crippen LogP contribution is 2.24. The molecule has 120 valence electrons. The fourth-order valence-electron chi connectivity index (χ4n) is 2.53.